The van der Waals surface area contributed by atoms with Crippen LogP contribution in [-0.2, 0) is 0 Å². The van der Waals surface area contributed by atoms with Crippen LogP contribution < -0.4 is 10.5 Å². The molecular weight excluding hydrogens is 205 g/mol. The Hall–Kier alpha value is -1.09. The molecule has 0 amide bonds. The molecule has 2 nitrogen and oxygen atoms in total. The molecule has 1 fully saturated rings. The Morgan fingerprint density at radius 2 is 2.12 bits per heavy atom. The molecule has 0 saturated heterocycles. The van der Waals surface area contributed by atoms with E-state index in [1.807, 2.05) is 6.92 Å². The van der Waals surface area contributed by atoms with E-state index in [1.165, 1.54) is 12.5 Å². The number of hydrogen-bond acceptors (Lipinski definition) is 2. The van der Waals surface area contributed by atoms with E-state index >= 15 is 0 Å². The standard InChI is InChI=1S/C13H18FNO/c1-8-6-13(16-10-4-3-5-10)11(9(2)15)7-12(8)14/h6-7,9-10H,3-5,15H2,1-2H3/t9-/m1/s1. The molecule has 0 aliphatic heterocycles. The van der Waals surface area contributed by atoms with Crippen molar-refractivity contribution in [2.75, 3.05) is 0 Å². The third-order valence-electron chi connectivity index (χ3n) is 3.13. The third-order valence-corrected chi connectivity index (χ3v) is 3.13. The summed E-state index contributed by atoms with van der Waals surface area (Å²) in [5, 5.41) is 0. The fraction of sp³-hybridized carbons (Fsp3) is 0.538. The molecule has 3 heteroatoms. The predicted octanol–water partition coefficient (Wildman–Crippen LogP) is 3.09. The molecule has 0 spiro atoms. The average molecular weight is 223 g/mol. The first-order chi connectivity index (χ1) is 7.58. The van der Waals surface area contributed by atoms with Crippen molar-refractivity contribution in [2.24, 2.45) is 5.73 Å². The van der Waals surface area contributed by atoms with Gasteiger partial charge in [-0.05, 0) is 50.8 Å². The van der Waals surface area contributed by atoms with Crippen molar-refractivity contribution in [1.82, 2.24) is 0 Å². The third kappa shape index (κ3) is 2.19. The SMILES string of the molecule is Cc1cc(OC2CCC2)c([C@@H](C)N)cc1F. The molecule has 1 atom stereocenters. The highest BCUT2D eigenvalue weighted by atomic mass is 19.1. The second kappa shape index (κ2) is 4.42. The van der Waals surface area contributed by atoms with Gasteiger partial charge in [-0.2, -0.15) is 0 Å². The highest BCUT2D eigenvalue weighted by Crippen LogP contribution is 2.31. The van der Waals surface area contributed by atoms with Gasteiger partial charge in [0.15, 0.2) is 0 Å². The van der Waals surface area contributed by atoms with Gasteiger partial charge in [0.05, 0.1) is 6.10 Å². The van der Waals surface area contributed by atoms with Gasteiger partial charge in [0, 0.05) is 11.6 Å². The zero-order valence-corrected chi connectivity index (χ0v) is 9.79. The Morgan fingerprint density at radius 3 is 2.62 bits per heavy atom. The van der Waals surface area contributed by atoms with Gasteiger partial charge < -0.3 is 10.5 Å². The van der Waals surface area contributed by atoms with Gasteiger partial charge in [0.25, 0.3) is 0 Å². The molecule has 2 rings (SSSR count). The molecule has 0 heterocycles. The lowest BCUT2D eigenvalue weighted by Crippen LogP contribution is -2.25. The lowest BCUT2D eigenvalue weighted by atomic mass is 9.95. The summed E-state index contributed by atoms with van der Waals surface area (Å²) in [6.07, 6.45) is 3.70. The summed E-state index contributed by atoms with van der Waals surface area (Å²) in [7, 11) is 0. The van der Waals surface area contributed by atoms with Crippen molar-refractivity contribution in [3.05, 3.63) is 29.1 Å². The Morgan fingerprint density at radius 1 is 1.44 bits per heavy atom. The predicted molar refractivity (Wildman–Crippen MR) is 62.0 cm³/mol. The molecule has 1 aromatic rings. The van der Waals surface area contributed by atoms with Gasteiger partial charge in [0.1, 0.15) is 11.6 Å². The van der Waals surface area contributed by atoms with Crippen molar-refractivity contribution in [1.29, 1.82) is 0 Å². The number of benzene rings is 1. The maximum Gasteiger partial charge on any atom is 0.126 e. The zero-order valence-electron chi connectivity index (χ0n) is 9.79. The molecule has 88 valence electrons. The summed E-state index contributed by atoms with van der Waals surface area (Å²) >= 11 is 0. The Balaban J connectivity index is 2.28. The first-order valence-corrected chi connectivity index (χ1v) is 5.80. The monoisotopic (exact) mass is 223 g/mol. The van der Waals surface area contributed by atoms with Crippen molar-refractivity contribution >= 4 is 0 Å². The number of nitrogens with two attached hydrogens (primary N) is 1. The molecule has 0 radical (unpaired) electrons. The lowest BCUT2D eigenvalue weighted by molar-refractivity contribution is 0.118. The number of halogens is 1. The largest absolute Gasteiger partial charge is 0.490 e. The van der Waals surface area contributed by atoms with Crippen LogP contribution in [0.3, 0.4) is 0 Å². The molecule has 2 N–H and O–H groups in total. The molecule has 16 heavy (non-hydrogen) atoms. The van der Waals surface area contributed by atoms with Gasteiger partial charge in [-0.1, -0.05) is 0 Å². The molecule has 0 bridgehead atoms. The van der Waals surface area contributed by atoms with Crippen LogP contribution in [0.5, 0.6) is 5.75 Å². The van der Waals surface area contributed by atoms with E-state index in [0.717, 1.165) is 24.2 Å². The number of hydrogen-bond donors (Lipinski definition) is 1. The van der Waals surface area contributed by atoms with Crippen LogP contribution in [0.25, 0.3) is 0 Å². The van der Waals surface area contributed by atoms with Crippen molar-refractivity contribution in [3.8, 4) is 5.75 Å². The van der Waals surface area contributed by atoms with Crippen LogP contribution in [0, 0.1) is 12.7 Å². The molecular formula is C13H18FNO. The van der Waals surface area contributed by atoms with E-state index < -0.39 is 0 Å². The van der Waals surface area contributed by atoms with E-state index in [2.05, 4.69) is 0 Å². The van der Waals surface area contributed by atoms with Gasteiger partial charge in [0.2, 0.25) is 0 Å². The van der Waals surface area contributed by atoms with E-state index in [-0.39, 0.29) is 11.9 Å². The Kier molecular flexibility index (Phi) is 3.15. The maximum absolute atomic E-state index is 13.4. The Bertz CT molecular complexity index is 386. The summed E-state index contributed by atoms with van der Waals surface area (Å²) < 4.78 is 19.3. The lowest BCUT2D eigenvalue weighted by Gasteiger charge is -2.28. The molecule has 0 aromatic heterocycles. The molecule has 1 saturated carbocycles. The van der Waals surface area contributed by atoms with Crippen LogP contribution in [0.2, 0.25) is 0 Å². The van der Waals surface area contributed by atoms with E-state index in [0.29, 0.717) is 11.7 Å². The van der Waals surface area contributed by atoms with E-state index in [1.54, 1.807) is 13.0 Å². The average Bonchev–Trinajstić information content (AvgIpc) is 2.16. The first kappa shape index (κ1) is 11.4. The number of aryl methyl sites for hydroxylation is 1. The van der Waals surface area contributed by atoms with Gasteiger partial charge in [-0.15, -0.1) is 0 Å². The number of ether oxygens (including phenoxy) is 1. The van der Waals surface area contributed by atoms with Crippen molar-refractivity contribution < 1.29 is 9.13 Å². The first-order valence-electron chi connectivity index (χ1n) is 5.80. The van der Waals surface area contributed by atoms with Gasteiger partial charge in [-0.3, -0.25) is 0 Å². The van der Waals surface area contributed by atoms with E-state index in [4.69, 9.17) is 10.5 Å². The normalized spacial score (nSPS) is 18.0. The Labute approximate surface area is 95.6 Å². The van der Waals surface area contributed by atoms with Crippen LogP contribution >= 0.6 is 0 Å². The minimum absolute atomic E-state index is 0.204. The van der Waals surface area contributed by atoms with Crippen LogP contribution in [0.1, 0.15) is 43.4 Å². The van der Waals surface area contributed by atoms with Crippen LogP contribution in [-0.4, -0.2) is 6.10 Å². The van der Waals surface area contributed by atoms with E-state index in [9.17, 15) is 4.39 Å². The topological polar surface area (TPSA) is 35.2 Å². The highest BCUT2D eigenvalue weighted by Gasteiger charge is 2.21. The maximum atomic E-state index is 13.4. The summed E-state index contributed by atoms with van der Waals surface area (Å²) in [5.74, 6) is 0.534. The second-order valence-corrected chi connectivity index (χ2v) is 4.60. The quantitative estimate of drug-likeness (QED) is 0.854. The van der Waals surface area contributed by atoms with Gasteiger partial charge in [-0.25, -0.2) is 4.39 Å². The van der Waals surface area contributed by atoms with Crippen LogP contribution in [0.15, 0.2) is 12.1 Å². The van der Waals surface area contributed by atoms with Crippen LogP contribution in [0.4, 0.5) is 4.39 Å². The minimum atomic E-state index is -0.215. The molecule has 1 aliphatic rings. The second-order valence-electron chi connectivity index (χ2n) is 4.60. The highest BCUT2D eigenvalue weighted by molar-refractivity contribution is 5.40. The summed E-state index contributed by atoms with van der Waals surface area (Å²) in [6.45, 7) is 3.59. The molecule has 1 aliphatic carbocycles. The zero-order chi connectivity index (χ0) is 11.7. The van der Waals surface area contributed by atoms with Crippen molar-refractivity contribution in [2.45, 2.75) is 45.3 Å². The summed E-state index contributed by atoms with van der Waals surface area (Å²) in [6, 6.07) is 3.05. The van der Waals surface area contributed by atoms with Crippen molar-refractivity contribution in [3.63, 3.8) is 0 Å². The fourth-order valence-corrected chi connectivity index (χ4v) is 1.80. The van der Waals surface area contributed by atoms with Gasteiger partial charge >= 0.3 is 0 Å². The number of rotatable bonds is 3. The smallest absolute Gasteiger partial charge is 0.126 e. The molecule has 1 aromatic carbocycles. The molecule has 0 unspecified atom stereocenters. The minimum Gasteiger partial charge on any atom is -0.490 e. The summed E-state index contributed by atoms with van der Waals surface area (Å²) in [5.41, 5.74) is 7.19. The summed E-state index contributed by atoms with van der Waals surface area (Å²) in [4.78, 5) is 0. The fourth-order valence-electron chi connectivity index (χ4n) is 1.80.